The smallest absolute Gasteiger partial charge is 0.259 e. The molecule has 0 aliphatic carbocycles. The SMILES string of the molecule is O=c1[nH]cnc2cccc(-c3cn(CCO)nc3-c3ccncc3)c12. The Hall–Kier alpha value is -3.32. The minimum atomic E-state index is -0.198. The molecule has 4 rings (SSSR count). The summed E-state index contributed by atoms with van der Waals surface area (Å²) < 4.78 is 1.68. The van der Waals surface area contributed by atoms with E-state index in [-0.39, 0.29) is 12.2 Å². The van der Waals surface area contributed by atoms with Crippen LogP contribution in [0, 0.1) is 0 Å². The van der Waals surface area contributed by atoms with Crippen molar-refractivity contribution in [2.45, 2.75) is 6.54 Å². The summed E-state index contributed by atoms with van der Waals surface area (Å²) in [5.41, 5.74) is 3.60. The number of nitrogens with one attached hydrogen (secondary N) is 1. The van der Waals surface area contributed by atoms with Gasteiger partial charge in [0.1, 0.15) is 5.69 Å². The maximum Gasteiger partial charge on any atom is 0.259 e. The Labute approximate surface area is 142 Å². The number of aliphatic hydroxyl groups is 1. The molecule has 4 aromatic rings. The Kier molecular flexibility index (Phi) is 3.83. The van der Waals surface area contributed by atoms with Gasteiger partial charge in [0.05, 0.1) is 30.4 Å². The average Bonchev–Trinajstić information content (AvgIpc) is 3.06. The normalized spacial score (nSPS) is 11.1. The van der Waals surface area contributed by atoms with E-state index < -0.39 is 0 Å². The molecule has 1 aromatic carbocycles. The quantitative estimate of drug-likeness (QED) is 0.594. The van der Waals surface area contributed by atoms with Gasteiger partial charge >= 0.3 is 0 Å². The Morgan fingerprint density at radius 2 is 1.96 bits per heavy atom. The van der Waals surface area contributed by atoms with E-state index in [4.69, 9.17) is 0 Å². The molecule has 0 fully saturated rings. The van der Waals surface area contributed by atoms with Crippen molar-refractivity contribution in [3.05, 3.63) is 65.6 Å². The number of H-pyrrole nitrogens is 1. The first-order valence-corrected chi connectivity index (χ1v) is 7.83. The lowest BCUT2D eigenvalue weighted by molar-refractivity contribution is 0.269. The lowest BCUT2D eigenvalue weighted by Gasteiger charge is -2.05. The van der Waals surface area contributed by atoms with Crippen LogP contribution in [0.1, 0.15) is 0 Å². The van der Waals surface area contributed by atoms with Crippen LogP contribution in [0.5, 0.6) is 0 Å². The van der Waals surface area contributed by atoms with Crippen molar-refractivity contribution < 1.29 is 5.11 Å². The first-order valence-electron chi connectivity index (χ1n) is 7.83. The second-order valence-corrected chi connectivity index (χ2v) is 5.55. The maximum absolute atomic E-state index is 12.4. The zero-order chi connectivity index (χ0) is 17.2. The lowest BCUT2D eigenvalue weighted by Crippen LogP contribution is -2.07. The number of aliphatic hydroxyl groups excluding tert-OH is 1. The van der Waals surface area contributed by atoms with Crippen molar-refractivity contribution >= 4 is 10.9 Å². The van der Waals surface area contributed by atoms with E-state index in [0.717, 1.165) is 22.4 Å². The van der Waals surface area contributed by atoms with Gasteiger partial charge in [-0.25, -0.2) is 4.98 Å². The Balaban J connectivity index is 2.02. The van der Waals surface area contributed by atoms with Gasteiger partial charge < -0.3 is 10.1 Å². The lowest BCUT2D eigenvalue weighted by atomic mass is 9.99. The second kappa shape index (κ2) is 6.29. The van der Waals surface area contributed by atoms with Gasteiger partial charge in [-0.15, -0.1) is 0 Å². The third kappa shape index (κ3) is 2.70. The fourth-order valence-electron chi connectivity index (χ4n) is 2.90. The maximum atomic E-state index is 12.4. The molecule has 0 spiro atoms. The molecule has 0 radical (unpaired) electrons. The molecule has 0 bridgehead atoms. The number of hydrogen-bond donors (Lipinski definition) is 2. The fraction of sp³-hybridized carbons (Fsp3) is 0.111. The van der Waals surface area contributed by atoms with Crippen LogP contribution in [0.4, 0.5) is 0 Å². The van der Waals surface area contributed by atoms with E-state index in [2.05, 4.69) is 20.1 Å². The number of pyridine rings is 1. The monoisotopic (exact) mass is 333 g/mol. The Morgan fingerprint density at radius 3 is 2.76 bits per heavy atom. The predicted molar refractivity (Wildman–Crippen MR) is 93.9 cm³/mol. The molecule has 3 aromatic heterocycles. The molecule has 0 aliphatic heterocycles. The fourth-order valence-corrected chi connectivity index (χ4v) is 2.90. The summed E-state index contributed by atoms with van der Waals surface area (Å²) in [5.74, 6) is 0. The van der Waals surface area contributed by atoms with Gasteiger partial charge in [-0.3, -0.25) is 14.5 Å². The summed E-state index contributed by atoms with van der Waals surface area (Å²) in [7, 11) is 0. The van der Waals surface area contributed by atoms with Crippen molar-refractivity contribution in [3.63, 3.8) is 0 Å². The molecule has 124 valence electrons. The minimum Gasteiger partial charge on any atom is -0.394 e. The number of benzene rings is 1. The zero-order valence-electron chi connectivity index (χ0n) is 13.3. The minimum absolute atomic E-state index is 0.0193. The summed E-state index contributed by atoms with van der Waals surface area (Å²) >= 11 is 0. The summed E-state index contributed by atoms with van der Waals surface area (Å²) in [6, 6.07) is 9.28. The molecule has 3 heterocycles. The number of aromatic nitrogens is 5. The number of fused-ring (bicyclic) bond motifs is 1. The van der Waals surface area contributed by atoms with E-state index in [1.807, 2.05) is 30.5 Å². The molecule has 7 nitrogen and oxygen atoms in total. The van der Waals surface area contributed by atoms with Crippen molar-refractivity contribution in [1.29, 1.82) is 0 Å². The highest BCUT2D eigenvalue weighted by Gasteiger charge is 2.17. The standard InChI is InChI=1S/C18H15N5O2/c24-9-8-23-10-14(17(22-23)12-4-6-19-7-5-12)13-2-1-3-15-16(13)18(25)21-11-20-15/h1-7,10-11,24H,8-9H2,(H,20,21,25). The molecular weight excluding hydrogens is 318 g/mol. The molecule has 7 heteroatoms. The van der Waals surface area contributed by atoms with Crippen LogP contribution >= 0.6 is 0 Å². The van der Waals surface area contributed by atoms with Crippen LogP contribution in [-0.2, 0) is 6.54 Å². The van der Waals surface area contributed by atoms with Crippen molar-refractivity contribution in [2.75, 3.05) is 6.61 Å². The highest BCUT2D eigenvalue weighted by molar-refractivity contribution is 5.97. The molecule has 0 amide bonds. The zero-order valence-corrected chi connectivity index (χ0v) is 13.3. The first kappa shape index (κ1) is 15.2. The van der Waals surface area contributed by atoms with Gasteiger partial charge in [0.2, 0.25) is 0 Å². The van der Waals surface area contributed by atoms with Gasteiger partial charge in [-0.05, 0) is 18.2 Å². The number of nitrogens with zero attached hydrogens (tertiary/aromatic N) is 4. The van der Waals surface area contributed by atoms with E-state index in [1.54, 1.807) is 23.1 Å². The predicted octanol–water partition coefficient (Wildman–Crippen LogP) is 1.84. The molecule has 25 heavy (non-hydrogen) atoms. The number of hydrogen-bond acceptors (Lipinski definition) is 5. The topological polar surface area (TPSA) is 96.7 Å². The number of rotatable bonds is 4. The van der Waals surface area contributed by atoms with E-state index in [1.165, 1.54) is 6.33 Å². The second-order valence-electron chi connectivity index (χ2n) is 5.55. The van der Waals surface area contributed by atoms with Crippen LogP contribution in [-0.4, -0.2) is 36.4 Å². The van der Waals surface area contributed by atoms with E-state index >= 15 is 0 Å². The Bertz CT molecular complexity index is 1080. The highest BCUT2D eigenvalue weighted by atomic mass is 16.3. The van der Waals surface area contributed by atoms with Gasteiger partial charge in [0.25, 0.3) is 5.56 Å². The van der Waals surface area contributed by atoms with Gasteiger partial charge in [0, 0.05) is 35.3 Å². The van der Waals surface area contributed by atoms with Crippen molar-refractivity contribution in [3.8, 4) is 22.4 Å². The highest BCUT2D eigenvalue weighted by Crippen LogP contribution is 2.33. The Morgan fingerprint density at radius 1 is 1.12 bits per heavy atom. The third-order valence-electron chi connectivity index (χ3n) is 4.00. The summed E-state index contributed by atoms with van der Waals surface area (Å²) in [6.07, 6.45) is 6.63. The first-order chi connectivity index (χ1) is 12.3. The van der Waals surface area contributed by atoms with E-state index in [0.29, 0.717) is 17.4 Å². The molecule has 0 saturated carbocycles. The van der Waals surface area contributed by atoms with Crippen molar-refractivity contribution in [2.24, 2.45) is 0 Å². The summed E-state index contributed by atoms with van der Waals surface area (Å²) in [4.78, 5) is 23.3. The van der Waals surface area contributed by atoms with Gasteiger partial charge in [-0.1, -0.05) is 12.1 Å². The van der Waals surface area contributed by atoms with Gasteiger partial charge in [0.15, 0.2) is 0 Å². The van der Waals surface area contributed by atoms with Gasteiger partial charge in [-0.2, -0.15) is 5.10 Å². The summed E-state index contributed by atoms with van der Waals surface area (Å²) in [6.45, 7) is 0.353. The summed E-state index contributed by atoms with van der Waals surface area (Å²) in [5, 5.41) is 14.3. The van der Waals surface area contributed by atoms with Crippen LogP contribution in [0.2, 0.25) is 0 Å². The molecule has 0 atom stereocenters. The van der Waals surface area contributed by atoms with E-state index in [9.17, 15) is 9.90 Å². The largest absolute Gasteiger partial charge is 0.394 e. The number of aromatic amines is 1. The molecule has 2 N–H and O–H groups in total. The van der Waals surface area contributed by atoms with Crippen molar-refractivity contribution in [1.82, 2.24) is 24.7 Å². The average molecular weight is 333 g/mol. The third-order valence-corrected chi connectivity index (χ3v) is 4.00. The van der Waals surface area contributed by atoms with Crippen LogP contribution in [0.25, 0.3) is 33.3 Å². The molecular formula is C18H15N5O2. The molecule has 0 saturated heterocycles. The van der Waals surface area contributed by atoms with Crippen LogP contribution in [0.3, 0.4) is 0 Å². The van der Waals surface area contributed by atoms with Crippen LogP contribution < -0.4 is 5.56 Å². The van der Waals surface area contributed by atoms with Crippen LogP contribution in [0.15, 0.2) is 60.0 Å². The molecule has 0 aliphatic rings. The molecule has 0 unspecified atom stereocenters.